The van der Waals surface area contributed by atoms with Crippen LogP contribution in [0.25, 0.3) is 0 Å². The van der Waals surface area contributed by atoms with Crippen LogP contribution < -0.4 is 5.32 Å². The van der Waals surface area contributed by atoms with E-state index < -0.39 is 21.6 Å². The molecule has 0 saturated carbocycles. The van der Waals surface area contributed by atoms with E-state index in [4.69, 9.17) is 0 Å². The van der Waals surface area contributed by atoms with Gasteiger partial charge in [-0.2, -0.15) is 4.31 Å². The second-order valence-corrected chi connectivity index (χ2v) is 8.16. The number of carbonyl (C=O) groups excluding carboxylic acids is 1. The second-order valence-electron chi connectivity index (χ2n) is 6.23. The molecule has 1 aromatic carbocycles. The molecular formula is C18H20FN3O3S. The number of piperidine rings is 1. The molecule has 1 aliphatic heterocycles. The van der Waals surface area contributed by atoms with Gasteiger partial charge in [0.1, 0.15) is 4.90 Å². The van der Waals surface area contributed by atoms with Gasteiger partial charge in [0.25, 0.3) is 5.91 Å². The number of aromatic nitrogens is 1. The summed E-state index contributed by atoms with van der Waals surface area (Å²) in [6, 6.07) is 12.2. The van der Waals surface area contributed by atoms with Crippen LogP contribution in [0.3, 0.4) is 0 Å². The first-order chi connectivity index (χ1) is 12.4. The van der Waals surface area contributed by atoms with Crippen molar-refractivity contribution in [3.63, 3.8) is 0 Å². The largest absolute Gasteiger partial charge is 0.349 e. The van der Waals surface area contributed by atoms with Gasteiger partial charge in [0, 0.05) is 44.9 Å². The zero-order chi connectivity index (χ0) is 18.6. The first-order valence-electron chi connectivity index (χ1n) is 8.33. The Morgan fingerprint density at radius 1 is 1.15 bits per heavy atom. The summed E-state index contributed by atoms with van der Waals surface area (Å²) in [4.78, 5) is 16.1. The highest BCUT2D eigenvalue weighted by Crippen LogP contribution is 2.30. The van der Waals surface area contributed by atoms with Crippen LogP contribution in [0.15, 0.2) is 59.8 Å². The Labute approximate surface area is 152 Å². The van der Waals surface area contributed by atoms with Crippen molar-refractivity contribution >= 4 is 15.9 Å². The molecule has 3 rings (SSSR count). The number of hydrogen-bond acceptors (Lipinski definition) is 4. The van der Waals surface area contributed by atoms with Crippen molar-refractivity contribution in [1.29, 1.82) is 0 Å². The van der Waals surface area contributed by atoms with Gasteiger partial charge in [0.15, 0.2) is 5.67 Å². The number of rotatable bonds is 5. The maximum Gasteiger partial charge on any atom is 0.258 e. The molecule has 2 heterocycles. The number of hydrogen-bond donors (Lipinski definition) is 1. The van der Waals surface area contributed by atoms with Crippen LogP contribution >= 0.6 is 0 Å². The zero-order valence-corrected chi connectivity index (χ0v) is 15.0. The van der Waals surface area contributed by atoms with Crippen molar-refractivity contribution in [2.45, 2.75) is 30.0 Å². The standard InChI is InChI=1S/C18H20FN3O3S/c19-18(17(23)21-13-15-5-2-1-3-6-15)8-11-22(12-9-18)26(24,25)16-7-4-10-20-14-16/h1-7,10,14H,8-9,11-13H2,(H,21,23). The molecule has 0 radical (unpaired) electrons. The molecule has 1 aliphatic rings. The highest BCUT2D eigenvalue weighted by Gasteiger charge is 2.44. The average molecular weight is 377 g/mol. The van der Waals surface area contributed by atoms with E-state index in [-0.39, 0.29) is 37.4 Å². The molecule has 8 heteroatoms. The molecule has 26 heavy (non-hydrogen) atoms. The van der Waals surface area contributed by atoms with Crippen LogP contribution in [0.4, 0.5) is 4.39 Å². The average Bonchev–Trinajstić information content (AvgIpc) is 2.68. The minimum absolute atomic E-state index is 0.0491. The van der Waals surface area contributed by atoms with Gasteiger partial charge in [-0.3, -0.25) is 9.78 Å². The minimum atomic E-state index is -3.72. The molecule has 1 aromatic heterocycles. The molecule has 0 aliphatic carbocycles. The molecule has 1 amide bonds. The summed E-state index contributed by atoms with van der Waals surface area (Å²) in [5.74, 6) is -0.695. The third kappa shape index (κ3) is 3.91. The maximum atomic E-state index is 15.0. The first-order valence-corrected chi connectivity index (χ1v) is 9.77. The number of alkyl halides is 1. The SMILES string of the molecule is O=C(NCc1ccccc1)C1(F)CCN(S(=O)(=O)c2cccnc2)CC1. The van der Waals surface area contributed by atoms with E-state index in [1.165, 1.54) is 28.8 Å². The van der Waals surface area contributed by atoms with E-state index in [9.17, 15) is 17.6 Å². The lowest BCUT2D eigenvalue weighted by atomic mass is 9.93. The fourth-order valence-electron chi connectivity index (χ4n) is 2.89. The van der Waals surface area contributed by atoms with Gasteiger partial charge in [0.2, 0.25) is 10.0 Å². The quantitative estimate of drug-likeness (QED) is 0.863. The lowest BCUT2D eigenvalue weighted by molar-refractivity contribution is -0.135. The fourth-order valence-corrected chi connectivity index (χ4v) is 4.30. The normalized spacial score (nSPS) is 17.6. The molecule has 1 N–H and O–H groups in total. The molecular weight excluding hydrogens is 357 g/mol. The summed E-state index contributed by atoms with van der Waals surface area (Å²) in [7, 11) is -3.72. The monoisotopic (exact) mass is 377 g/mol. The van der Waals surface area contributed by atoms with Crippen molar-refractivity contribution in [1.82, 2.24) is 14.6 Å². The molecule has 6 nitrogen and oxygen atoms in total. The highest BCUT2D eigenvalue weighted by atomic mass is 32.2. The third-order valence-electron chi connectivity index (χ3n) is 4.49. The molecule has 0 spiro atoms. The number of nitrogens with one attached hydrogen (secondary N) is 1. The molecule has 0 atom stereocenters. The number of sulfonamides is 1. The van der Waals surface area contributed by atoms with Crippen molar-refractivity contribution in [3.05, 3.63) is 60.4 Å². The number of benzene rings is 1. The van der Waals surface area contributed by atoms with E-state index in [0.717, 1.165) is 5.56 Å². The van der Waals surface area contributed by atoms with Gasteiger partial charge in [-0.05, 0) is 17.7 Å². The molecule has 1 saturated heterocycles. The summed E-state index contributed by atoms with van der Waals surface area (Å²) in [5.41, 5.74) is -1.18. The van der Waals surface area contributed by atoms with Crippen LogP contribution in [-0.4, -0.2) is 42.4 Å². The van der Waals surface area contributed by atoms with E-state index in [1.807, 2.05) is 30.3 Å². The Morgan fingerprint density at radius 3 is 2.46 bits per heavy atom. The van der Waals surface area contributed by atoms with Crippen LogP contribution in [0, 0.1) is 0 Å². The summed E-state index contributed by atoms with van der Waals surface area (Å²) >= 11 is 0. The van der Waals surface area contributed by atoms with Gasteiger partial charge in [-0.15, -0.1) is 0 Å². The number of halogens is 1. The van der Waals surface area contributed by atoms with E-state index in [1.54, 1.807) is 0 Å². The second kappa shape index (κ2) is 7.51. The molecule has 2 aromatic rings. The van der Waals surface area contributed by atoms with Gasteiger partial charge < -0.3 is 5.32 Å². The van der Waals surface area contributed by atoms with E-state index in [0.29, 0.717) is 0 Å². The predicted octanol–water partition coefficient (Wildman–Crippen LogP) is 1.89. The summed E-state index contributed by atoms with van der Waals surface area (Å²) in [6.07, 6.45) is 2.40. The zero-order valence-electron chi connectivity index (χ0n) is 14.1. The van der Waals surface area contributed by atoms with Crippen molar-refractivity contribution in [2.75, 3.05) is 13.1 Å². The Bertz CT molecular complexity index is 852. The molecule has 138 valence electrons. The number of nitrogens with zero attached hydrogens (tertiary/aromatic N) is 2. The first kappa shape index (κ1) is 18.5. The Kier molecular flexibility index (Phi) is 5.33. The lowest BCUT2D eigenvalue weighted by Crippen LogP contribution is -2.52. The lowest BCUT2D eigenvalue weighted by Gasteiger charge is -2.34. The van der Waals surface area contributed by atoms with Crippen LogP contribution in [0.1, 0.15) is 18.4 Å². The molecule has 0 bridgehead atoms. The summed E-state index contributed by atoms with van der Waals surface area (Å²) in [6.45, 7) is 0.141. The smallest absolute Gasteiger partial charge is 0.258 e. The summed E-state index contributed by atoms with van der Waals surface area (Å²) in [5, 5.41) is 2.60. The summed E-state index contributed by atoms with van der Waals surface area (Å²) < 4.78 is 41.3. The van der Waals surface area contributed by atoms with Crippen molar-refractivity contribution in [3.8, 4) is 0 Å². The van der Waals surface area contributed by atoms with Crippen molar-refractivity contribution in [2.24, 2.45) is 0 Å². The Balaban J connectivity index is 1.60. The third-order valence-corrected chi connectivity index (χ3v) is 6.37. The molecule has 1 fully saturated rings. The Morgan fingerprint density at radius 2 is 1.85 bits per heavy atom. The number of pyridine rings is 1. The predicted molar refractivity (Wildman–Crippen MR) is 94.4 cm³/mol. The van der Waals surface area contributed by atoms with Crippen LogP contribution in [-0.2, 0) is 21.4 Å². The van der Waals surface area contributed by atoms with E-state index in [2.05, 4.69) is 10.3 Å². The van der Waals surface area contributed by atoms with Gasteiger partial charge in [-0.1, -0.05) is 30.3 Å². The number of amides is 1. The van der Waals surface area contributed by atoms with Crippen molar-refractivity contribution < 1.29 is 17.6 Å². The molecule has 0 unspecified atom stereocenters. The maximum absolute atomic E-state index is 15.0. The fraction of sp³-hybridized carbons (Fsp3) is 0.333. The highest BCUT2D eigenvalue weighted by molar-refractivity contribution is 7.89. The van der Waals surface area contributed by atoms with Gasteiger partial charge >= 0.3 is 0 Å². The number of carbonyl (C=O) groups is 1. The topological polar surface area (TPSA) is 79.4 Å². The minimum Gasteiger partial charge on any atom is -0.349 e. The Hall–Kier alpha value is -2.32. The van der Waals surface area contributed by atoms with E-state index >= 15 is 0 Å². The van der Waals surface area contributed by atoms with Crippen LogP contribution in [0.2, 0.25) is 0 Å². The van der Waals surface area contributed by atoms with Gasteiger partial charge in [-0.25, -0.2) is 12.8 Å². The van der Waals surface area contributed by atoms with Gasteiger partial charge in [0.05, 0.1) is 0 Å². The van der Waals surface area contributed by atoms with Crippen LogP contribution in [0.5, 0.6) is 0 Å².